The van der Waals surface area contributed by atoms with Crippen molar-refractivity contribution in [3.05, 3.63) is 30.2 Å². The first kappa shape index (κ1) is 13.4. The van der Waals surface area contributed by atoms with Gasteiger partial charge in [0.2, 0.25) is 18.4 Å². The highest BCUT2D eigenvalue weighted by atomic mass is 16.7. The zero-order valence-electron chi connectivity index (χ0n) is 11.8. The molecule has 3 heterocycles. The van der Waals surface area contributed by atoms with Gasteiger partial charge in [-0.3, -0.25) is 10.1 Å². The Morgan fingerprint density at radius 3 is 2.87 bits per heavy atom. The average Bonchev–Trinajstić information content (AvgIpc) is 3.23. The van der Waals surface area contributed by atoms with Gasteiger partial charge in [0.15, 0.2) is 11.5 Å². The average molecular weight is 317 g/mol. The molecule has 0 fully saturated rings. The van der Waals surface area contributed by atoms with Crippen LogP contribution in [-0.2, 0) is 14.3 Å². The molecule has 0 saturated heterocycles. The SMILES string of the molecule is O=C(Nc1nnc(-c2ccc3c(c2)OCO3)o1)C1=COCCO1. The number of carbonyl (C=O) groups excluding carboxylic acids is 1. The Bertz CT molecular complexity index is 785. The van der Waals surface area contributed by atoms with Crippen molar-refractivity contribution < 1.29 is 28.2 Å². The molecule has 1 aromatic heterocycles. The number of nitrogens with zero attached hydrogens (tertiary/aromatic N) is 2. The van der Waals surface area contributed by atoms with E-state index in [1.54, 1.807) is 18.2 Å². The van der Waals surface area contributed by atoms with Crippen molar-refractivity contribution in [1.29, 1.82) is 0 Å². The van der Waals surface area contributed by atoms with Crippen molar-refractivity contribution in [1.82, 2.24) is 10.2 Å². The number of hydrogen-bond acceptors (Lipinski definition) is 8. The fraction of sp³-hybridized carbons (Fsp3) is 0.214. The fourth-order valence-electron chi connectivity index (χ4n) is 2.07. The first-order valence-electron chi connectivity index (χ1n) is 6.79. The Kier molecular flexibility index (Phi) is 3.22. The van der Waals surface area contributed by atoms with Crippen LogP contribution in [0.3, 0.4) is 0 Å². The van der Waals surface area contributed by atoms with Crippen LogP contribution in [-0.4, -0.2) is 36.1 Å². The third kappa shape index (κ3) is 2.63. The van der Waals surface area contributed by atoms with E-state index in [2.05, 4.69) is 15.5 Å². The second-order valence-electron chi connectivity index (χ2n) is 4.64. The van der Waals surface area contributed by atoms with Gasteiger partial charge in [-0.25, -0.2) is 0 Å². The Hall–Kier alpha value is -3.23. The van der Waals surface area contributed by atoms with E-state index in [4.69, 9.17) is 23.4 Å². The highest BCUT2D eigenvalue weighted by molar-refractivity contribution is 6.00. The van der Waals surface area contributed by atoms with Crippen molar-refractivity contribution in [2.45, 2.75) is 0 Å². The van der Waals surface area contributed by atoms with E-state index in [9.17, 15) is 4.79 Å². The van der Waals surface area contributed by atoms with Gasteiger partial charge in [-0.15, -0.1) is 5.10 Å². The van der Waals surface area contributed by atoms with Crippen LogP contribution in [0, 0.1) is 0 Å². The minimum Gasteiger partial charge on any atom is -0.494 e. The molecular formula is C14H11N3O6. The number of nitrogens with one attached hydrogen (secondary N) is 1. The summed E-state index contributed by atoms with van der Waals surface area (Å²) in [6, 6.07) is 5.19. The minimum atomic E-state index is -0.523. The van der Waals surface area contributed by atoms with Crippen LogP contribution in [0.1, 0.15) is 0 Å². The Balaban J connectivity index is 1.50. The summed E-state index contributed by atoms with van der Waals surface area (Å²) in [5.74, 6) is 1.03. The second kappa shape index (κ2) is 5.52. The van der Waals surface area contributed by atoms with E-state index in [1.165, 1.54) is 6.26 Å². The van der Waals surface area contributed by atoms with Crippen LogP contribution >= 0.6 is 0 Å². The molecule has 1 N–H and O–H groups in total. The van der Waals surface area contributed by atoms with Gasteiger partial charge in [0, 0.05) is 5.56 Å². The molecule has 0 aliphatic carbocycles. The molecule has 0 radical (unpaired) electrons. The predicted molar refractivity (Wildman–Crippen MR) is 74.5 cm³/mol. The first-order chi connectivity index (χ1) is 11.3. The molecular weight excluding hydrogens is 306 g/mol. The van der Waals surface area contributed by atoms with Gasteiger partial charge in [0.05, 0.1) is 0 Å². The van der Waals surface area contributed by atoms with Gasteiger partial charge in [-0.1, -0.05) is 5.10 Å². The van der Waals surface area contributed by atoms with Crippen molar-refractivity contribution in [3.63, 3.8) is 0 Å². The van der Waals surface area contributed by atoms with Crippen molar-refractivity contribution in [2.75, 3.05) is 25.3 Å². The van der Waals surface area contributed by atoms with Gasteiger partial charge in [-0.05, 0) is 18.2 Å². The largest absolute Gasteiger partial charge is 0.494 e. The number of aromatic nitrogens is 2. The fourth-order valence-corrected chi connectivity index (χ4v) is 2.07. The number of ether oxygens (including phenoxy) is 4. The molecule has 9 nitrogen and oxygen atoms in total. The Labute approximate surface area is 129 Å². The second-order valence-corrected chi connectivity index (χ2v) is 4.64. The maximum atomic E-state index is 11.9. The summed E-state index contributed by atoms with van der Waals surface area (Å²) in [7, 11) is 0. The number of hydrogen-bond donors (Lipinski definition) is 1. The molecule has 2 aliphatic heterocycles. The highest BCUT2D eigenvalue weighted by Gasteiger charge is 2.20. The van der Waals surface area contributed by atoms with Crippen LogP contribution in [0.2, 0.25) is 0 Å². The van der Waals surface area contributed by atoms with Crippen LogP contribution < -0.4 is 14.8 Å². The molecule has 0 saturated carbocycles. The summed E-state index contributed by atoms with van der Waals surface area (Å²) in [6.07, 6.45) is 1.24. The molecule has 118 valence electrons. The zero-order chi connectivity index (χ0) is 15.6. The van der Waals surface area contributed by atoms with E-state index in [1.807, 2.05) is 0 Å². The molecule has 0 spiro atoms. The zero-order valence-corrected chi connectivity index (χ0v) is 11.8. The van der Waals surface area contributed by atoms with Crippen molar-refractivity contribution >= 4 is 11.9 Å². The van der Waals surface area contributed by atoms with E-state index >= 15 is 0 Å². The van der Waals surface area contributed by atoms with Gasteiger partial charge >= 0.3 is 6.01 Å². The molecule has 4 rings (SSSR count). The van der Waals surface area contributed by atoms with Crippen molar-refractivity contribution in [3.8, 4) is 23.0 Å². The summed E-state index contributed by atoms with van der Waals surface area (Å²) >= 11 is 0. The predicted octanol–water partition coefficient (Wildman–Crippen LogP) is 1.29. The normalized spacial score (nSPS) is 15.4. The molecule has 0 unspecified atom stereocenters. The van der Waals surface area contributed by atoms with Crippen LogP contribution in [0.15, 0.2) is 34.6 Å². The quantitative estimate of drug-likeness (QED) is 0.903. The summed E-state index contributed by atoms with van der Waals surface area (Å²) in [6.45, 7) is 0.901. The first-order valence-corrected chi connectivity index (χ1v) is 6.79. The number of benzene rings is 1. The molecule has 0 atom stereocenters. The minimum absolute atomic E-state index is 0.0438. The summed E-state index contributed by atoms with van der Waals surface area (Å²) in [5, 5.41) is 10.1. The summed E-state index contributed by atoms with van der Waals surface area (Å²) in [4.78, 5) is 11.9. The van der Waals surface area contributed by atoms with E-state index in [0.717, 1.165) is 0 Å². The van der Waals surface area contributed by atoms with Gasteiger partial charge in [0.25, 0.3) is 5.91 Å². The molecule has 2 aromatic rings. The lowest BCUT2D eigenvalue weighted by Gasteiger charge is -2.13. The van der Waals surface area contributed by atoms with Gasteiger partial charge < -0.3 is 23.4 Å². The lowest BCUT2D eigenvalue weighted by atomic mass is 10.2. The monoisotopic (exact) mass is 317 g/mol. The lowest BCUT2D eigenvalue weighted by molar-refractivity contribution is -0.117. The highest BCUT2D eigenvalue weighted by Crippen LogP contribution is 2.35. The van der Waals surface area contributed by atoms with Gasteiger partial charge in [-0.2, -0.15) is 0 Å². The molecule has 1 amide bonds. The van der Waals surface area contributed by atoms with Crippen molar-refractivity contribution in [2.24, 2.45) is 0 Å². The maximum Gasteiger partial charge on any atom is 0.322 e. The summed E-state index contributed by atoms with van der Waals surface area (Å²) < 4.78 is 26.1. The third-order valence-electron chi connectivity index (χ3n) is 3.14. The van der Waals surface area contributed by atoms with E-state index < -0.39 is 5.91 Å². The Morgan fingerprint density at radius 2 is 2.00 bits per heavy atom. The van der Waals surface area contributed by atoms with E-state index in [0.29, 0.717) is 30.3 Å². The summed E-state index contributed by atoms with van der Waals surface area (Å²) in [5.41, 5.74) is 0.652. The number of rotatable bonds is 3. The number of amides is 1. The Morgan fingerprint density at radius 1 is 1.09 bits per heavy atom. The number of carbonyl (C=O) groups is 1. The van der Waals surface area contributed by atoms with Crippen LogP contribution in [0.4, 0.5) is 6.01 Å². The molecule has 0 bridgehead atoms. The standard InChI is InChI=1S/C14H11N3O6/c18-12(11-6-19-3-4-20-11)15-14-17-16-13(23-14)8-1-2-9-10(5-8)22-7-21-9/h1-2,5-6H,3-4,7H2,(H,15,17,18). The van der Waals surface area contributed by atoms with Crippen LogP contribution in [0.25, 0.3) is 11.5 Å². The lowest BCUT2D eigenvalue weighted by Crippen LogP contribution is -2.21. The number of fused-ring (bicyclic) bond motifs is 1. The topological polar surface area (TPSA) is 105 Å². The molecule has 2 aliphatic rings. The smallest absolute Gasteiger partial charge is 0.322 e. The van der Waals surface area contributed by atoms with Crippen LogP contribution in [0.5, 0.6) is 11.5 Å². The number of anilines is 1. The molecule has 9 heteroatoms. The maximum absolute atomic E-state index is 11.9. The van der Waals surface area contributed by atoms with E-state index in [-0.39, 0.29) is 24.5 Å². The molecule has 23 heavy (non-hydrogen) atoms. The van der Waals surface area contributed by atoms with Gasteiger partial charge in [0.1, 0.15) is 19.5 Å². The third-order valence-corrected chi connectivity index (χ3v) is 3.14. The molecule has 1 aromatic carbocycles.